The number of nitrogens with zero attached hydrogens (tertiary/aromatic N) is 4. The Kier molecular flexibility index (Phi) is 4.15. The smallest absolute Gasteiger partial charge is 0.257 e. The Morgan fingerprint density at radius 1 is 1.25 bits per heavy atom. The molecule has 1 aromatic carbocycles. The van der Waals surface area contributed by atoms with Crippen molar-refractivity contribution < 1.29 is 9.18 Å². The lowest BCUT2D eigenvalue weighted by atomic mass is 9.92. The number of carbonyl (C=O) groups excluding carboxylic acids is 1. The topological polar surface area (TPSA) is 72.7 Å². The molecular weight excluding hydrogens is 329 g/mol. The van der Waals surface area contributed by atoms with E-state index in [9.17, 15) is 9.18 Å². The summed E-state index contributed by atoms with van der Waals surface area (Å²) in [5.41, 5.74) is 0.954. The summed E-state index contributed by atoms with van der Waals surface area (Å²) in [6.45, 7) is 6.11. The Hall–Kier alpha value is -2.61. The summed E-state index contributed by atoms with van der Waals surface area (Å²) in [4.78, 5) is 20.8. The predicted molar refractivity (Wildman–Crippen MR) is 90.1 cm³/mol. The van der Waals surface area contributed by atoms with Crippen LogP contribution < -0.4 is 5.32 Å². The molecule has 0 aliphatic carbocycles. The standard InChI is InChI=1S/C16H16FN5OS/c1-16(2,3)12-14(22-9-18-8-19-22)24-15(20-12)21-13(23)10-4-6-11(17)7-5-10/h4-9H,1-3H3,(H,20,21,23). The first-order valence-corrected chi connectivity index (χ1v) is 8.09. The van der Waals surface area contributed by atoms with E-state index in [1.165, 1.54) is 41.9 Å². The minimum atomic E-state index is -0.385. The first-order valence-electron chi connectivity index (χ1n) is 7.28. The number of thiazole rings is 1. The van der Waals surface area contributed by atoms with Crippen molar-refractivity contribution in [3.8, 4) is 5.00 Å². The van der Waals surface area contributed by atoms with Crippen molar-refractivity contribution in [2.45, 2.75) is 26.2 Å². The third-order valence-corrected chi connectivity index (χ3v) is 4.23. The molecule has 24 heavy (non-hydrogen) atoms. The normalized spacial score (nSPS) is 11.5. The number of amides is 1. The zero-order valence-corrected chi connectivity index (χ0v) is 14.3. The summed E-state index contributed by atoms with van der Waals surface area (Å²) in [7, 11) is 0. The molecule has 124 valence electrons. The van der Waals surface area contributed by atoms with Crippen molar-refractivity contribution in [1.29, 1.82) is 0 Å². The Morgan fingerprint density at radius 2 is 1.96 bits per heavy atom. The first-order chi connectivity index (χ1) is 11.3. The third kappa shape index (κ3) is 3.33. The van der Waals surface area contributed by atoms with Gasteiger partial charge in [-0.05, 0) is 24.3 Å². The Balaban J connectivity index is 1.92. The van der Waals surface area contributed by atoms with Gasteiger partial charge in [0.25, 0.3) is 5.91 Å². The van der Waals surface area contributed by atoms with Crippen LogP contribution in [0.2, 0.25) is 0 Å². The summed E-state index contributed by atoms with van der Waals surface area (Å²) in [6.07, 6.45) is 3.04. The van der Waals surface area contributed by atoms with E-state index in [-0.39, 0.29) is 17.1 Å². The second-order valence-corrected chi connectivity index (χ2v) is 7.20. The third-order valence-electron chi connectivity index (χ3n) is 3.27. The van der Waals surface area contributed by atoms with Gasteiger partial charge in [0.05, 0.1) is 5.69 Å². The maximum atomic E-state index is 13.0. The lowest BCUT2D eigenvalue weighted by Crippen LogP contribution is -2.16. The molecule has 0 aliphatic heterocycles. The number of nitrogens with one attached hydrogen (secondary N) is 1. The molecule has 0 aliphatic rings. The molecule has 0 saturated carbocycles. The van der Waals surface area contributed by atoms with Crippen molar-refractivity contribution in [3.63, 3.8) is 0 Å². The molecule has 0 spiro atoms. The molecule has 1 N–H and O–H groups in total. The second kappa shape index (κ2) is 6.12. The van der Waals surface area contributed by atoms with Crippen molar-refractivity contribution in [2.24, 2.45) is 0 Å². The highest BCUT2D eigenvalue weighted by molar-refractivity contribution is 7.18. The summed E-state index contributed by atoms with van der Waals surface area (Å²) in [6, 6.07) is 5.36. The van der Waals surface area contributed by atoms with Crippen LogP contribution in [0.3, 0.4) is 0 Å². The van der Waals surface area contributed by atoms with E-state index in [0.717, 1.165) is 10.7 Å². The fourth-order valence-corrected chi connectivity index (χ4v) is 3.19. The van der Waals surface area contributed by atoms with Gasteiger partial charge in [0.1, 0.15) is 23.5 Å². The molecule has 2 aromatic heterocycles. The molecule has 0 radical (unpaired) electrons. The van der Waals surface area contributed by atoms with Crippen LogP contribution in [-0.4, -0.2) is 25.7 Å². The van der Waals surface area contributed by atoms with E-state index in [4.69, 9.17) is 0 Å². The highest BCUT2D eigenvalue weighted by atomic mass is 32.1. The van der Waals surface area contributed by atoms with Crippen LogP contribution in [0.25, 0.3) is 5.00 Å². The second-order valence-electron chi connectivity index (χ2n) is 6.22. The van der Waals surface area contributed by atoms with Crippen molar-refractivity contribution in [2.75, 3.05) is 5.32 Å². The van der Waals surface area contributed by atoms with Gasteiger partial charge in [-0.2, -0.15) is 5.10 Å². The molecule has 0 bridgehead atoms. The van der Waals surface area contributed by atoms with E-state index < -0.39 is 0 Å². The Labute approximate surface area is 142 Å². The van der Waals surface area contributed by atoms with Gasteiger partial charge in [-0.25, -0.2) is 19.0 Å². The average Bonchev–Trinajstić information content (AvgIpc) is 3.15. The number of benzene rings is 1. The van der Waals surface area contributed by atoms with Crippen LogP contribution in [0, 0.1) is 5.82 Å². The van der Waals surface area contributed by atoms with Gasteiger partial charge in [-0.15, -0.1) is 0 Å². The zero-order chi connectivity index (χ0) is 17.3. The van der Waals surface area contributed by atoms with Crippen LogP contribution in [0.15, 0.2) is 36.9 Å². The number of carbonyl (C=O) groups is 1. The van der Waals surface area contributed by atoms with Crippen molar-refractivity contribution >= 4 is 22.4 Å². The zero-order valence-electron chi connectivity index (χ0n) is 13.4. The van der Waals surface area contributed by atoms with Crippen molar-refractivity contribution in [1.82, 2.24) is 19.7 Å². The van der Waals surface area contributed by atoms with Crippen LogP contribution >= 0.6 is 11.3 Å². The minimum absolute atomic E-state index is 0.226. The number of hydrogen-bond acceptors (Lipinski definition) is 5. The molecule has 2 heterocycles. The van der Waals surface area contributed by atoms with Gasteiger partial charge in [-0.1, -0.05) is 32.1 Å². The van der Waals surface area contributed by atoms with E-state index in [1.807, 2.05) is 20.8 Å². The summed E-state index contributed by atoms with van der Waals surface area (Å²) in [5, 5.41) is 8.16. The highest BCUT2D eigenvalue weighted by Crippen LogP contribution is 2.34. The first kappa shape index (κ1) is 16.3. The van der Waals surface area contributed by atoms with Crippen LogP contribution in [0.1, 0.15) is 36.8 Å². The molecule has 8 heteroatoms. The molecule has 3 rings (SSSR count). The summed E-state index contributed by atoms with van der Waals surface area (Å²) in [5.74, 6) is -0.723. The number of aromatic nitrogens is 4. The molecule has 0 atom stereocenters. The van der Waals surface area contributed by atoms with Gasteiger partial charge >= 0.3 is 0 Å². The minimum Gasteiger partial charge on any atom is -0.298 e. The number of rotatable bonds is 3. The molecule has 0 saturated heterocycles. The number of halogens is 1. The fourth-order valence-electron chi connectivity index (χ4n) is 2.09. The molecule has 0 unspecified atom stereocenters. The number of hydrogen-bond donors (Lipinski definition) is 1. The van der Waals surface area contributed by atoms with Crippen LogP contribution in [0.5, 0.6) is 0 Å². The maximum Gasteiger partial charge on any atom is 0.257 e. The van der Waals surface area contributed by atoms with Gasteiger partial charge in [0.2, 0.25) is 0 Å². The van der Waals surface area contributed by atoms with E-state index in [2.05, 4.69) is 20.4 Å². The van der Waals surface area contributed by atoms with E-state index >= 15 is 0 Å². The Bertz CT molecular complexity index is 850. The molecule has 3 aromatic rings. The largest absolute Gasteiger partial charge is 0.298 e. The summed E-state index contributed by atoms with van der Waals surface area (Å²) >= 11 is 1.31. The lowest BCUT2D eigenvalue weighted by Gasteiger charge is -2.16. The van der Waals surface area contributed by atoms with E-state index in [0.29, 0.717) is 10.7 Å². The highest BCUT2D eigenvalue weighted by Gasteiger charge is 2.25. The van der Waals surface area contributed by atoms with Gasteiger partial charge in [-0.3, -0.25) is 10.1 Å². The van der Waals surface area contributed by atoms with Gasteiger partial charge < -0.3 is 0 Å². The van der Waals surface area contributed by atoms with Gasteiger partial charge in [0.15, 0.2) is 5.13 Å². The molecule has 6 nitrogen and oxygen atoms in total. The number of anilines is 1. The maximum absolute atomic E-state index is 13.0. The van der Waals surface area contributed by atoms with Crippen LogP contribution in [-0.2, 0) is 5.41 Å². The van der Waals surface area contributed by atoms with Gasteiger partial charge in [0, 0.05) is 11.0 Å². The molecule has 1 amide bonds. The lowest BCUT2D eigenvalue weighted by molar-refractivity contribution is 0.102. The Morgan fingerprint density at radius 3 is 2.54 bits per heavy atom. The summed E-state index contributed by atoms with van der Waals surface area (Å²) < 4.78 is 14.6. The average molecular weight is 345 g/mol. The van der Waals surface area contributed by atoms with E-state index in [1.54, 1.807) is 11.0 Å². The fraction of sp³-hybridized carbons (Fsp3) is 0.250. The van der Waals surface area contributed by atoms with Crippen molar-refractivity contribution in [3.05, 3.63) is 54.0 Å². The predicted octanol–water partition coefficient (Wildman–Crippen LogP) is 3.41. The quantitative estimate of drug-likeness (QED) is 0.789. The molecule has 0 fully saturated rings. The molecular formula is C16H16FN5OS. The SMILES string of the molecule is CC(C)(C)c1nc(NC(=O)c2ccc(F)cc2)sc1-n1cncn1. The monoisotopic (exact) mass is 345 g/mol. The van der Waals surface area contributed by atoms with Crippen LogP contribution in [0.4, 0.5) is 9.52 Å².